The molecule has 8 heteroatoms. The molecule has 0 amide bonds. The fraction of sp³-hybridized carbons (Fsp3) is 0.143. The molecule has 80 valence electrons. The fourth-order valence-corrected chi connectivity index (χ4v) is 0.958. The van der Waals surface area contributed by atoms with Crippen molar-refractivity contribution in [3.05, 3.63) is 16.8 Å². The van der Waals surface area contributed by atoms with Crippen LogP contribution in [-0.2, 0) is 0 Å². The first-order valence-corrected chi connectivity index (χ1v) is 3.83. The van der Waals surface area contributed by atoms with Gasteiger partial charge in [-0.05, 0) is 0 Å². The molecule has 0 aliphatic heterocycles. The first kappa shape index (κ1) is 11.4. The smallest absolute Gasteiger partial charge is 0.402 e. The highest BCUT2D eigenvalue weighted by atomic mass is 35.5. The lowest BCUT2D eigenvalue weighted by molar-refractivity contribution is -0.274. The molecule has 0 saturated carbocycles. The van der Waals surface area contributed by atoms with E-state index in [-0.39, 0.29) is 10.7 Å². The third-order valence-corrected chi connectivity index (χ3v) is 1.60. The third kappa shape index (κ3) is 2.89. The van der Waals surface area contributed by atoms with Crippen LogP contribution in [0.25, 0.3) is 0 Å². The van der Waals surface area contributed by atoms with Crippen molar-refractivity contribution in [1.82, 2.24) is 4.98 Å². The molecule has 0 atom stereocenters. The van der Waals surface area contributed by atoms with E-state index in [1.807, 2.05) is 0 Å². The molecule has 4 nitrogen and oxygen atoms in total. The maximum absolute atomic E-state index is 11.8. The number of anilines is 1. The SMILES string of the molecule is N#Cc1cc(OC(F)(F)F)c(N)nc1Cl. The number of halogens is 4. The van der Waals surface area contributed by atoms with Gasteiger partial charge in [0.2, 0.25) is 0 Å². The summed E-state index contributed by atoms with van der Waals surface area (Å²) < 4.78 is 39.0. The molecule has 1 aromatic rings. The van der Waals surface area contributed by atoms with Crippen molar-refractivity contribution in [2.24, 2.45) is 0 Å². The number of nitrogens with two attached hydrogens (primary N) is 1. The Kier molecular flexibility index (Phi) is 2.90. The van der Waals surface area contributed by atoms with Crippen LogP contribution in [0.3, 0.4) is 0 Å². The van der Waals surface area contributed by atoms with Crippen LogP contribution in [0.1, 0.15) is 5.56 Å². The number of nitriles is 1. The van der Waals surface area contributed by atoms with Gasteiger partial charge >= 0.3 is 6.36 Å². The molecule has 2 N–H and O–H groups in total. The molecule has 15 heavy (non-hydrogen) atoms. The number of nitrogens with zero attached hydrogens (tertiary/aromatic N) is 2. The van der Waals surface area contributed by atoms with Crippen LogP contribution in [-0.4, -0.2) is 11.3 Å². The number of rotatable bonds is 1. The molecule has 0 fully saturated rings. The van der Waals surface area contributed by atoms with E-state index in [0.717, 1.165) is 6.07 Å². The van der Waals surface area contributed by atoms with E-state index >= 15 is 0 Å². The summed E-state index contributed by atoms with van der Waals surface area (Å²) in [6, 6.07) is 2.33. The van der Waals surface area contributed by atoms with E-state index in [9.17, 15) is 13.2 Å². The molecular weight excluding hydrogens is 235 g/mol. The topological polar surface area (TPSA) is 71.9 Å². The number of aromatic nitrogens is 1. The number of nitrogen functional groups attached to an aromatic ring is 1. The lowest BCUT2D eigenvalue weighted by Gasteiger charge is -2.10. The third-order valence-electron chi connectivity index (χ3n) is 1.31. The Bertz CT molecular complexity index is 427. The zero-order valence-electron chi connectivity index (χ0n) is 6.97. The number of ether oxygens (including phenoxy) is 1. The molecule has 1 rings (SSSR count). The normalized spacial score (nSPS) is 10.9. The monoisotopic (exact) mass is 237 g/mol. The van der Waals surface area contributed by atoms with Gasteiger partial charge in [-0.2, -0.15) is 5.26 Å². The van der Waals surface area contributed by atoms with Crippen molar-refractivity contribution in [2.45, 2.75) is 6.36 Å². The molecule has 0 aromatic carbocycles. The molecule has 0 unspecified atom stereocenters. The summed E-state index contributed by atoms with van der Waals surface area (Å²) in [7, 11) is 0. The van der Waals surface area contributed by atoms with Gasteiger partial charge in [0.15, 0.2) is 11.6 Å². The molecular formula is C7H3ClF3N3O. The molecule has 0 aliphatic rings. The summed E-state index contributed by atoms with van der Waals surface area (Å²) >= 11 is 5.42. The Labute approximate surface area is 87.0 Å². The highest BCUT2D eigenvalue weighted by Gasteiger charge is 2.32. The maximum Gasteiger partial charge on any atom is 0.573 e. The maximum atomic E-state index is 11.8. The number of hydrogen-bond acceptors (Lipinski definition) is 4. The average Bonchev–Trinajstić information content (AvgIpc) is 2.07. The quantitative estimate of drug-likeness (QED) is 0.759. The highest BCUT2D eigenvalue weighted by Crippen LogP contribution is 2.30. The highest BCUT2D eigenvalue weighted by molar-refractivity contribution is 6.30. The summed E-state index contributed by atoms with van der Waals surface area (Å²) in [6.45, 7) is 0. The predicted molar refractivity (Wildman–Crippen MR) is 45.1 cm³/mol. The van der Waals surface area contributed by atoms with Crippen LogP contribution in [0.5, 0.6) is 5.75 Å². The summed E-state index contributed by atoms with van der Waals surface area (Å²) in [5.41, 5.74) is 4.88. The number of pyridine rings is 1. The van der Waals surface area contributed by atoms with Crippen molar-refractivity contribution in [1.29, 1.82) is 5.26 Å². The van der Waals surface area contributed by atoms with Gasteiger partial charge in [-0.3, -0.25) is 0 Å². The Balaban J connectivity index is 3.15. The second kappa shape index (κ2) is 3.82. The zero-order valence-corrected chi connectivity index (χ0v) is 7.73. The van der Waals surface area contributed by atoms with E-state index < -0.39 is 17.9 Å². The van der Waals surface area contributed by atoms with Gasteiger partial charge in [-0.25, -0.2) is 4.98 Å². The number of alkyl halides is 3. The minimum Gasteiger partial charge on any atom is -0.402 e. The molecule has 0 aliphatic carbocycles. The van der Waals surface area contributed by atoms with Crippen molar-refractivity contribution in [3.63, 3.8) is 0 Å². The standard InChI is InChI=1S/C7H3ClF3N3O/c8-5-3(2-12)1-4(6(13)14-5)15-7(9,10)11/h1H,(H2,13,14). The molecule has 1 aromatic heterocycles. The molecule has 0 spiro atoms. The minimum absolute atomic E-state index is 0.245. The fourth-order valence-electron chi connectivity index (χ4n) is 0.770. The second-order valence-electron chi connectivity index (χ2n) is 2.37. The zero-order chi connectivity index (χ0) is 11.6. The summed E-state index contributed by atoms with van der Waals surface area (Å²) in [4.78, 5) is 3.32. The Hall–Kier alpha value is -1.68. The van der Waals surface area contributed by atoms with Crippen molar-refractivity contribution >= 4 is 17.4 Å². The van der Waals surface area contributed by atoms with Gasteiger partial charge in [-0.15, -0.1) is 13.2 Å². The summed E-state index contributed by atoms with van der Waals surface area (Å²) in [6.07, 6.45) is -4.89. The Morgan fingerprint density at radius 3 is 2.60 bits per heavy atom. The minimum atomic E-state index is -4.89. The summed E-state index contributed by atoms with van der Waals surface area (Å²) in [5, 5.41) is 8.21. The Morgan fingerprint density at radius 1 is 1.53 bits per heavy atom. The first-order valence-electron chi connectivity index (χ1n) is 3.45. The lowest BCUT2D eigenvalue weighted by atomic mass is 10.3. The molecule has 1 heterocycles. The van der Waals surface area contributed by atoms with Gasteiger partial charge in [0.05, 0.1) is 5.56 Å². The average molecular weight is 238 g/mol. The van der Waals surface area contributed by atoms with Gasteiger partial charge < -0.3 is 10.5 Å². The van der Waals surface area contributed by atoms with Gasteiger partial charge in [0, 0.05) is 6.07 Å². The van der Waals surface area contributed by atoms with Crippen LogP contribution in [0.15, 0.2) is 6.07 Å². The van der Waals surface area contributed by atoms with Crippen LogP contribution in [0, 0.1) is 11.3 Å². The van der Waals surface area contributed by atoms with Crippen LogP contribution < -0.4 is 10.5 Å². The predicted octanol–water partition coefficient (Wildman–Crippen LogP) is 2.09. The lowest BCUT2D eigenvalue weighted by Crippen LogP contribution is -2.18. The molecule has 0 bridgehead atoms. The van der Waals surface area contributed by atoms with E-state index in [1.54, 1.807) is 6.07 Å². The van der Waals surface area contributed by atoms with Gasteiger partial charge in [-0.1, -0.05) is 11.6 Å². The van der Waals surface area contributed by atoms with E-state index in [2.05, 4.69) is 9.72 Å². The van der Waals surface area contributed by atoms with Crippen molar-refractivity contribution in [2.75, 3.05) is 5.73 Å². The van der Waals surface area contributed by atoms with Crippen LogP contribution in [0.4, 0.5) is 19.0 Å². The van der Waals surface area contributed by atoms with Gasteiger partial charge in [0.1, 0.15) is 11.2 Å². The second-order valence-corrected chi connectivity index (χ2v) is 2.73. The molecule has 0 saturated heterocycles. The molecule has 0 radical (unpaired) electrons. The largest absolute Gasteiger partial charge is 0.573 e. The van der Waals surface area contributed by atoms with E-state index in [4.69, 9.17) is 22.6 Å². The Morgan fingerprint density at radius 2 is 2.13 bits per heavy atom. The van der Waals surface area contributed by atoms with E-state index in [0.29, 0.717) is 0 Å². The summed E-state index contributed by atoms with van der Waals surface area (Å²) in [5.74, 6) is -1.28. The van der Waals surface area contributed by atoms with E-state index in [1.165, 1.54) is 0 Å². The number of hydrogen-bond donors (Lipinski definition) is 1. The first-order chi connectivity index (χ1) is 6.83. The van der Waals surface area contributed by atoms with Crippen LogP contribution >= 0.6 is 11.6 Å². The van der Waals surface area contributed by atoms with Gasteiger partial charge in [0.25, 0.3) is 0 Å². The van der Waals surface area contributed by atoms with Crippen LogP contribution in [0.2, 0.25) is 5.15 Å². The van der Waals surface area contributed by atoms with Crippen molar-refractivity contribution < 1.29 is 17.9 Å². The van der Waals surface area contributed by atoms with Crippen molar-refractivity contribution in [3.8, 4) is 11.8 Å².